The van der Waals surface area contributed by atoms with Gasteiger partial charge in [-0.3, -0.25) is 4.79 Å². The highest BCUT2D eigenvalue weighted by Gasteiger charge is 2.02. The molecule has 0 aromatic heterocycles. The van der Waals surface area contributed by atoms with Gasteiger partial charge >= 0.3 is 0 Å². The van der Waals surface area contributed by atoms with Gasteiger partial charge in [0.25, 0.3) is 0 Å². The monoisotopic (exact) mass is 192 g/mol. The van der Waals surface area contributed by atoms with Crippen molar-refractivity contribution in [1.82, 2.24) is 5.32 Å². The normalized spacial score (nSPS) is 9.86. The van der Waals surface area contributed by atoms with Crippen LogP contribution >= 0.6 is 0 Å². The first-order valence-corrected chi connectivity index (χ1v) is 4.75. The van der Waals surface area contributed by atoms with Crippen molar-refractivity contribution in [3.63, 3.8) is 0 Å². The van der Waals surface area contributed by atoms with Gasteiger partial charge in [-0.05, 0) is 24.1 Å². The van der Waals surface area contributed by atoms with Crippen molar-refractivity contribution >= 4 is 11.6 Å². The van der Waals surface area contributed by atoms with E-state index in [0.717, 1.165) is 16.8 Å². The summed E-state index contributed by atoms with van der Waals surface area (Å²) in [6, 6.07) is 5.73. The lowest BCUT2D eigenvalue weighted by Crippen LogP contribution is -2.22. The number of rotatable bonds is 3. The van der Waals surface area contributed by atoms with Crippen LogP contribution in [0.15, 0.2) is 18.2 Å². The van der Waals surface area contributed by atoms with E-state index in [2.05, 4.69) is 5.32 Å². The van der Waals surface area contributed by atoms with Gasteiger partial charge in [-0.2, -0.15) is 0 Å². The molecule has 1 rings (SSSR count). The number of nitrogens with one attached hydrogen (secondary N) is 1. The molecule has 1 aromatic carbocycles. The van der Waals surface area contributed by atoms with Crippen LogP contribution in [0, 0.1) is 6.92 Å². The lowest BCUT2D eigenvalue weighted by atomic mass is 10.1. The summed E-state index contributed by atoms with van der Waals surface area (Å²) < 4.78 is 0. The average Bonchev–Trinajstić information content (AvgIpc) is 2.20. The maximum atomic E-state index is 11.0. The Hall–Kier alpha value is -1.51. The molecule has 1 amide bonds. The molecule has 3 nitrogen and oxygen atoms in total. The van der Waals surface area contributed by atoms with Crippen LogP contribution in [-0.2, 0) is 11.3 Å². The first-order valence-electron chi connectivity index (χ1n) is 4.75. The Morgan fingerprint density at radius 3 is 2.86 bits per heavy atom. The zero-order chi connectivity index (χ0) is 10.6. The number of carbonyl (C=O) groups is 1. The predicted molar refractivity (Wildman–Crippen MR) is 57.7 cm³/mol. The van der Waals surface area contributed by atoms with E-state index in [0.29, 0.717) is 13.0 Å². The number of hydrogen-bond acceptors (Lipinski definition) is 2. The minimum atomic E-state index is 0.0619. The second-order valence-corrected chi connectivity index (χ2v) is 3.26. The molecule has 0 saturated carbocycles. The Kier molecular flexibility index (Phi) is 3.51. The maximum absolute atomic E-state index is 11.0. The molecule has 3 N–H and O–H groups in total. The van der Waals surface area contributed by atoms with Crippen molar-refractivity contribution in [3.8, 4) is 0 Å². The first-order chi connectivity index (χ1) is 6.65. The molecule has 0 unspecified atom stereocenters. The molecular formula is C11H16N2O. The lowest BCUT2D eigenvalue weighted by molar-refractivity contribution is -0.120. The minimum absolute atomic E-state index is 0.0619. The number of hydrogen-bond donors (Lipinski definition) is 2. The van der Waals surface area contributed by atoms with Crippen LogP contribution in [0.5, 0.6) is 0 Å². The highest BCUT2D eigenvalue weighted by Crippen LogP contribution is 2.14. The zero-order valence-corrected chi connectivity index (χ0v) is 8.63. The van der Waals surface area contributed by atoms with Crippen LogP contribution in [0.1, 0.15) is 24.5 Å². The highest BCUT2D eigenvalue weighted by atomic mass is 16.1. The van der Waals surface area contributed by atoms with Crippen molar-refractivity contribution in [1.29, 1.82) is 0 Å². The number of nitrogens with two attached hydrogens (primary N) is 1. The topological polar surface area (TPSA) is 55.1 Å². The Morgan fingerprint density at radius 2 is 2.21 bits per heavy atom. The van der Waals surface area contributed by atoms with Crippen LogP contribution in [0.25, 0.3) is 0 Å². The van der Waals surface area contributed by atoms with Crippen molar-refractivity contribution in [2.24, 2.45) is 0 Å². The zero-order valence-electron chi connectivity index (χ0n) is 8.63. The molecule has 76 valence electrons. The third-order valence-corrected chi connectivity index (χ3v) is 2.28. The fourth-order valence-electron chi connectivity index (χ4n) is 1.21. The van der Waals surface area contributed by atoms with E-state index in [1.165, 1.54) is 0 Å². The molecule has 3 heteroatoms. The molecule has 0 aliphatic rings. The van der Waals surface area contributed by atoms with Gasteiger partial charge in [0, 0.05) is 18.7 Å². The number of carbonyl (C=O) groups excluding carboxylic acids is 1. The number of anilines is 1. The Morgan fingerprint density at radius 1 is 1.50 bits per heavy atom. The van der Waals surface area contributed by atoms with E-state index >= 15 is 0 Å². The van der Waals surface area contributed by atoms with Gasteiger partial charge in [0.2, 0.25) is 5.91 Å². The van der Waals surface area contributed by atoms with Gasteiger partial charge in [-0.15, -0.1) is 0 Å². The molecule has 0 radical (unpaired) electrons. The quantitative estimate of drug-likeness (QED) is 0.715. The summed E-state index contributed by atoms with van der Waals surface area (Å²) in [6.45, 7) is 4.36. The smallest absolute Gasteiger partial charge is 0.219 e. The molecular weight excluding hydrogens is 176 g/mol. The van der Waals surface area contributed by atoms with Crippen molar-refractivity contribution in [2.45, 2.75) is 26.8 Å². The van der Waals surface area contributed by atoms with Crippen LogP contribution < -0.4 is 11.1 Å². The van der Waals surface area contributed by atoms with E-state index in [1.807, 2.05) is 32.0 Å². The summed E-state index contributed by atoms with van der Waals surface area (Å²) in [5.41, 5.74) is 8.64. The summed E-state index contributed by atoms with van der Waals surface area (Å²) in [5.74, 6) is 0.0619. The summed E-state index contributed by atoms with van der Waals surface area (Å²) in [7, 11) is 0. The van der Waals surface area contributed by atoms with E-state index in [9.17, 15) is 4.79 Å². The van der Waals surface area contributed by atoms with Gasteiger partial charge in [-0.1, -0.05) is 19.1 Å². The van der Waals surface area contributed by atoms with Crippen LogP contribution in [-0.4, -0.2) is 5.91 Å². The predicted octanol–water partition coefficient (Wildman–Crippen LogP) is 1.60. The largest absolute Gasteiger partial charge is 0.399 e. The highest BCUT2D eigenvalue weighted by molar-refractivity contribution is 5.75. The molecule has 0 heterocycles. The molecule has 0 aliphatic heterocycles. The van der Waals surface area contributed by atoms with Gasteiger partial charge in [0.05, 0.1) is 0 Å². The van der Waals surface area contributed by atoms with Gasteiger partial charge in [-0.25, -0.2) is 0 Å². The van der Waals surface area contributed by atoms with Gasteiger partial charge in [0.15, 0.2) is 0 Å². The SMILES string of the molecule is CCC(=O)NCc1cccc(N)c1C. The Labute approximate surface area is 84.3 Å². The number of amides is 1. The van der Waals surface area contributed by atoms with Gasteiger partial charge in [0.1, 0.15) is 0 Å². The molecule has 1 aromatic rings. The second kappa shape index (κ2) is 4.65. The number of nitrogen functional groups attached to an aromatic ring is 1. The summed E-state index contributed by atoms with van der Waals surface area (Å²) in [6.07, 6.45) is 0.515. The molecule has 0 bridgehead atoms. The average molecular weight is 192 g/mol. The molecule has 14 heavy (non-hydrogen) atoms. The lowest BCUT2D eigenvalue weighted by Gasteiger charge is -2.08. The second-order valence-electron chi connectivity index (χ2n) is 3.26. The van der Waals surface area contributed by atoms with E-state index in [4.69, 9.17) is 5.73 Å². The number of benzene rings is 1. The third-order valence-electron chi connectivity index (χ3n) is 2.28. The van der Waals surface area contributed by atoms with Crippen LogP contribution in [0.2, 0.25) is 0 Å². The Balaban J connectivity index is 2.68. The molecule has 0 atom stereocenters. The maximum Gasteiger partial charge on any atom is 0.219 e. The van der Waals surface area contributed by atoms with Crippen molar-refractivity contribution in [3.05, 3.63) is 29.3 Å². The molecule has 0 fully saturated rings. The van der Waals surface area contributed by atoms with E-state index in [1.54, 1.807) is 0 Å². The fraction of sp³-hybridized carbons (Fsp3) is 0.364. The van der Waals surface area contributed by atoms with Crippen LogP contribution in [0.3, 0.4) is 0 Å². The summed E-state index contributed by atoms with van der Waals surface area (Å²) >= 11 is 0. The molecule has 0 spiro atoms. The summed E-state index contributed by atoms with van der Waals surface area (Å²) in [5, 5.41) is 2.82. The summed E-state index contributed by atoms with van der Waals surface area (Å²) in [4.78, 5) is 11.0. The third kappa shape index (κ3) is 2.49. The van der Waals surface area contributed by atoms with E-state index < -0.39 is 0 Å². The molecule has 0 saturated heterocycles. The first kappa shape index (κ1) is 10.6. The minimum Gasteiger partial charge on any atom is -0.399 e. The van der Waals surface area contributed by atoms with Crippen molar-refractivity contribution < 1.29 is 4.79 Å². The van der Waals surface area contributed by atoms with Crippen molar-refractivity contribution in [2.75, 3.05) is 5.73 Å². The Bertz CT molecular complexity index is 334. The standard InChI is InChI=1S/C11H16N2O/c1-3-11(14)13-7-9-5-4-6-10(12)8(9)2/h4-6H,3,7,12H2,1-2H3,(H,13,14). The fourth-order valence-corrected chi connectivity index (χ4v) is 1.21. The van der Waals surface area contributed by atoms with Gasteiger partial charge < -0.3 is 11.1 Å². The molecule has 0 aliphatic carbocycles. The van der Waals surface area contributed by atoms with E-state index in [-0.39, 0.29) is 5.91 Å². The van der Waals surface area contributed by atoms with Crippen LogP contribution in [0.4, 0.5) is 5.69 Å².